The molecule has 1 aliphatic carbocycles. The number of hydrogen-bond acceptors (Lipinski definition) is 5. The first-order valence-electron chi connectivity index (χ1n) is 12.4. The Labute approximate surface area is 198 Å². The summed E-state index contributed by atoms with van der Waals surface area (Å²) in [5.41, 5.74) is 0.869. The molecule has 186 valence electrons. The van der Waals surface area contributed by atoms with E-state index in [4.69, 9.17) is 14.2 Å². The van der Waals surface area contributed by atoms with Gasteiger partial charge in [-0.15, -0.1) is 0 Å². The van der Waals surface area contributed by atoms with Gasteiger partial charge in [0.1, 0.15) is 12.4 Å². The number of rotatable bonds is 14. The molecule has 0 aromatic heterocycles. The number of carbonyl (C=O) groups is 2. The van der Waals surface area contributed by atoms with E-state index in [-0.39, 0.29) is 12.2 Å². The number of carboxylic acid groups (broad SMARTS) is 1. The van der Waals surface area contributed by atoms with E-state index in [2.05, 4.69) is 0 Å². The van der Waals surface area contributed by atoms with Crippen LogP contribution in [0, 0.1) is 5.92 Å². The SMILES string of the molecule is CCOC(Cc1ccc(OCCN(CCCC2CCCCC2)C(=O)OC(C)C)cc1)C(=O)O. The number of hydrogen-bond donors (Lipinski definition) is 1. The largest absolute Gasteiger partial charge is 0.492 e. The molecular weight excluding hydrogens is 422 g/mol. The highest BCUT2D eigenvalue weighted by molar-refractivity contribution is 5.72. The lowest BCUT2D eigenvalue weighted by Crippen LogP contribution is -2.37. The lowest BCUT2D eigenvalue weighted by Gasteiger charge is -2.26. The van der Waals surface area contributed by atoms with Crippen LogP contribution in [0.3, 0.4) is 0 Å². The number of aliphatic carboxylic acids is 1. The Morgan fingerprint density at radius 1 is 1.09 bits per heavy atom. The standard InChI is InChI=1S/C26H41NO6/c1-4-31-24(25(28)29)19-22-12-14-23(15-13-22)32-18-17-27(26(30)33-20(2)3)16-8-11-21-9-6-5-7-10-21/h12-15,20-21,24H,4-11,16-19H2,1-3H3,(H,28,29). The molecule has 7 nitrogen and oxygen atoms in total. The van der Waals surface area contributed by atoms with Gasteiger partial charge in [-0.1, -0.05) is 44.2 Å². The molecule has 0 saturated heterocycles. The lowest BCUT2D eigenvalue weighted by atomic mass is 9.86. The maximum atomic E-state index is 12.5. The maximum absolute atomic E-state index is 12.5. The predicted molar refractivity (Wildman–Crippen MR) is 128 cm³/mol. The highest BCUT2D eigenvalue weighted by Crippen LogP contribution is 2.27. The minimum Gasteiger partial charge on any atom is -0.492 e. The fourth-order valence-electron chi connectivity index (χ4n) is 4.25. The lowest BCUT2D eigenvalue weighted by molar-refractivity contribution is -0.149. The van der Waals surface area contributed by atoms with Crippen molar-refractivity contribution in [3.05, 3.63) is 29.8 Å². The summed E-state index contributed by atoms with van der Waals surface area (Å²) in [6.07, 6.45) is 7.80. The Morgan fingerprint density at radius 3 is 2.39 bits per heavy atom. The second kappa shape index (κ2) is 14.8. The van der Waals surface area contributed by atoms with Crippen molar-refractivity contribution in [2.75, 3.05) is 26.3 Å². The topological polar surface area (TPSA) is 85.3 Å². The summed E-state index contributed by atoms with van der Waals surface area (Å²) < 4.78 is 16.5. The van der Waals surface area contributed by atoms with Gasteiger partial charge in [0.25, 0.3) is 0 Å². The highest BCUT2D eigenvalue weighted by atomic mass is 16.6. The van der Waals surface area contributed by atoms with Gasteiger partial charge in [0.15, 0.2) is 6.10 Å². The molecule has 1 saturated carbocycles. The van der Waals surface area contributed by atoms with Crippen LogP contribution in [-0.4, -0.2) is 60.6 Å². The van der Waals surface area contributed by atoms with Crippen molar-refractivity contribution < 1.29 is 28.9 Å². The molecule has 0 heterocycles. The predicted octanol–water partition coefficient (Wildman–Crippen LogP) is 5.31. The Bertz CT molecular complexity index is 699. The molecule has 33 heavy (non-hydrogen) atoms. The van der Waals surface area contributed by atoms with Crippen molar-refractivity contribution in [1.29, 1.82) is 0 Å². The molecule has 1 fully saturated rings. The van der Waals surface area contributed by atoms with Gasteiger partial charge in [0.05, 0.1) is 12.6 Å². The minimum absolute atomic E-state index is 0.155. The van der Waals surface area contributed by atoms with E-state index in [1.165, 1.54) is 32.1 Å². The van der Waals surface area contributed by atoms with Gasteiger partial charge in [-0.2, -0.15) is 0 Å². The first kappa shape index (κ1) is 27.0. The summed E-state index contributed by atoms with van der Waals surface area (Å²) in [7, 11) is 0. The van der Waals surface area contributed by atoms with Crippen LogP contribution in [-0.2, 0) is 20.7 Å². The van der Waals surface area contributed by atoms with Gasteiger partial charge < -0.3 is 24.2 Å². The molecule has 1 aromatic carbocycles. The van der Waals surface area contributed by atoms with Gasteiger partial charge in [-0.05, 0) is 57.2 Å². The monoisotopic (exact) mass is 463 g/mol. The number of nitrogens with zero attached hydrogens (tertiary/aromatic N) is 1. The zero-order chi connectivity index (χ0) is 24.1. The summed E-state index contributed by atoms with van der Waals surface area (Å²) in [5.74, 6) is 0.510. The number of amides is 1. The van der Waals surface area contributed by atoms with E-state index in [9.17, 15) is 14.7 Å². The zero-order valence-electron chi connectivity index (χ0n) is 20.5. The molecular formula is C26H41NO6. The summed E-state index contributed by atoms with van der Waals surface area (Å²) in [6, 6.07) is 7.33. The van der Waals surface area contributed by atoms with Crippen LogP contribution in [0.15, 0.2) is 24.3 Å². The molecule has 0 spiro atoms. The Hall–Kier alpha value is -2.28. The van der Waals surface area contributed by atoms with Crippen molar-refractivity contribution in [1.82, 2.24) is 4.90 Å². The first-order chi connectivity index (χ1) is 15.9. The Kier molecular flexibility index (Phi) is 12.1. The third-order valence-electron chi connectivity index (χ3n) is 5.98. The van der Waals surface area contributed by atoms with Gasteiger partial charge >= 0.3 is 12.1 Å². The summed E-state index contributed by atoms with van der Waals surface area (Å²) in [6.45, 7) is 7.36. The van der Waals surface area contributed by atoms with Crippen molar-refractivity contribution >= 4 is 12.1 Å². The van der Waals surface area contributed by atoms with Crippen LogP contribution >= 0.6 is 0 Å². The maximum Gasteiger partial charge on any atom is 0.410 e. The number of carboxylic acids is 1. The second-order valence-electron chi connectivity index (χ2n) is 9.04. The summed E-state index contributed by atoms with van der Waals surface area (Å²) >= 11 is 0. The Morgan fingerprint density at radius 2 is 1.79 bits per heavy atom. The van der Waals surface area contributed by atoms with Crippen LogP contribution in [0.4, 0.5) is 4.79 Å². The van der Waals surface area contributed by atoms with Crippen molar-refractivity contribution in [2.24, 2.45) is 5.92 Å². The van der Waals surface area contributed by atoms with Crippen LogP contribution < -0.4 is 4.74 Å². The molecule has 1 N–H and O–H groups in total. The van der Waals surface area contributed by atoms with Crippen molar-refractivity contribution in [3.63, 3.8) is 0 Å². The normalized spacial score (nSPS) is 15.3. The van der Waals surface area contributed by atoms with E-state index in [0.29, 0.717) is 38.5 Å². The van der Waals surface area contributed by atoms with Crippen LogP contribution in [0.5, 0.6) is 5.75 Å². The fraction of sp³-hybridized carbons (Fsp3) is 0.692. The van der Waals surface area contributed by atoms with Gasteiger partial charge in [0.2, 0.25) is 0 Å². The number of benzene rings is 1. The van der Waals surface area contributed by atoms with E-state index in [1.54, 1.807) is 11.8 Å². The molecule has 0 bridgehead atoms. The molecule has 1 aromatic rings. The van der Waals surface area contributed by atoms with Crippen LogP contribution in [0.2, 0.25) is 0 Å². The van der Waals surface area contributed by atoms with Gasteiger partial charge in [0, 0.05) is 19.6 Å². The number of carbonyl (C=O) groups excluding carboxylic acids is 1. The average Bonchev–Trinajstić information content (AvgIpc) is 2.79. The zero-order valence-corrected chi connectivity index (χ0v) is 20.5. The smallest absolute Gasteiger partial charge is 0.410 e. The summed E-state index contributed by atoms with van der Waals surface area (Å²) in [4.78, 5) is 25.5. The van der Waals surface area contributed by atoms with Crippen molar-refractivity contribution in [2.45, 2.75) is 84.3 Å². The third kappa shape index (κ3) is 10.5. The molecule has 0 radical (unpaired) electrons. The first-order valence-corrected chi connectivity index (χ1v) is 12.4. The second-order valence-corrected chi connectivity index (χ2v) is 9.04. The molecule has 2 rings (SSSR count). The fourth-order valence-corrected chi connectivity index (χ4v) is 4.25. The minimum atomic E-state index is -0.964. The molecule has 1 amide bonds. The van der Waals surface area contributed by atoms with Gasteiger partial charge in [-0.25, -0.2) is 9.59 Å². The molecule has 0 aliphatic heterocycles. The molecule has 1 aliphatic rings. The van der Waals surface area contributed by atoms with E-state index < -0.39 is 12.1 Å². The van der Waals surface area contributed by atoms with Crippen LogP contribution in [0.25, 0.3) is 0 Å². The van der Waals surface area contributed by atoms with Crippen molar-refractivity contribution in [3.8, 4) is 5.75 Å². The molecule has 1 atom stereocenters. The van der Waals surface area contributed by atoms with Crippen LogP contribution in [0.1, 0.15) is 71.3 Å². The molecule has 1 unspecified atom stereocenters. The Balaban J connectivity index is 1.81. The van der Waals surface area contributed by atoms with E-state index in [1.807, 2.05) is 38.1 Å². The highest BCUT2D eigenvalue weighted by Gasteiger charge is 2.19. The van der Waals surface area contributed by atoms with E-state index in [0.717, 1.165) is 24.3 Å². The van der Waals surface area contributed by atoms with Gasteiger partial charge in [-0.3, -0.25) is 0 Å². The quantitative estimate of drug-likeness (QED) is 0.403. The van der Waals surface area contributed by atoms with E-state index >= 15 is 0 Å². The number of ether oxygens (including phenoxy) is 3. The summed E-state index contributed by atoms with van der Waals surface area (Å²) in [5, 5.41) is 9.23. The molecule has 7 heteroatoms. The average molecular weight is 464 g/mol. The third-order valence-corrected chi connectivity index (χ3v) is 5.98.